The second kappa shape index (κ2) is 4.42. The van der Waals surface area contributed by atoms with Gasteiger partial charge in [-0.25, -0.2) is 13.6 Å². The number of ether oxygens (including phenoxy) is 1. The van der Waals surface area contributed by atoms with Crippen LogP contribution in [0, 0.1) is 17.5 Å². The molecule has 0 unspecified atom stereocenters. The summed E-state index contributed by atoms with van der Waals surface area (Å²) in [6.45, 7) is 2.95. The largest absolute Gasteiger partial charge is 0.485 e. The molecule has 0 aliphatic carbocycles. The van der Waals surface area contributed by atoms with E-state index in [0.717, 1.165) is 0 Å². The minimum atomic E-state index is -1.69. The minimum Gasteiger partial charge on any atom is -0.485 e. The van der Waals surface area contributed by atoms with Crippen LogP contribution in [0.3, 0.4) is 0 Å². The van der Waals surface area contributed by atoms with Crippen LogP contribution < -0.4 is 4.74 Å². The second-order valence-corrected chi connectivity index (χ2v) is 3.33. The summed E-state index contributed by atoms with van der Waals surface area (Å²) in [5, 5.41) is 8.55. The first kappa shape index (κ1) is 12.4. The number of hydrogen-bond acceptors (Lipinski definition) is 2. The minimum absolute atomic E-state index is 0.278. The smallest absolute Gasteiger partial charge is 0.338 e. The van der Waals surface area contributed by atoms with Crippen molar-refractivity contribution in [1.29, 1.82) is 0 Å². The Kier molecular flexibility index (Phi) is 3.41. The molecule has 0 amide bonds. The SMILES string of the molecule is CC(C)Oc1c(F)c(F)cc(C(=O)O)c1F. The van der Waals surface area contributed by atoms with E-state index in [4.69, 9.17) is 9.84 Å². The average molecular weight is 234 g/mol. The maximum absolute atomic E-state index is 13.4. The molecule has 16 heavy (non-hydrogen) atoms. The summed E-state index contributed by atoms with van der Waals surface area (Å²) < 4.78 is 44.2. The molecule has 0 spiro atoms. The van der Waals surface area contributed by atoms with E-state index in [1.54, 1.807) is 0 Å². The van der Waals surface area contributed by atoms with Crippen molar-refractivity contribution >= 4 is 5.97 Å². The van der Waals surface area contributed by atoms with Crippen molar-refractivity contribution in [2.24, 2.45) is 0 Å². The first-order chi connectivity index (χ1) is 7.34. The molecule has 0 bridgehead atoms. The Labute approximate surface area is 89.5 Å². The van der Waals surface area contributed by atoms with Gasteiger partial charge in [0.25, 0.3) is 0 Å². The molecule has 0 aromatic heterocycles. The zero-order chi connectivity index (χ0) is 12.5. The summed E-state index contributed by atoms with van der Waals surface area (Å²) in [6.07, 6.45) is -0.604. The van der Waals surface area contributed by atoms with Crippen LogP contribution in [0.5, 0.6) is 5.75 Å². The zero-order valence-electron chi connectivity index (χ0n) is 8.55. The molecule has 0 heterocycles. The van der Waals surface area contributed by atoms with Gasteiger partial charge in [-0.15, -0.1) is 0 Å². The molecular formula is C10H9F3O3. The summed E-state index contributed by atoms with van der Waals surface area (Å²) in [5.41, 5.74) is -0.963. The van der Waals surface area contributed by atoms with Crippen molar-refractivity contribution in [1.82, 2.24) is 0 Å². The van der Waals surface area contributed by atoms with E-state index in [1.165, 1.54) is 13.8 Å². The first-order valence-corrected chi connectivity index (χ1v) is 4.42. The maximum Gasteiger partial charge on any atom is 0.338 e. The van der Waals surface area contributed by atoms with E-state index in [1.807, 2.05) is 0 Å². The quantitative estimate of drug-likeness (QED) is 0.817. The lowest BCUT2D eigenvalue weighted by atomic mass is 10.2. The lowest BCUT2D eigenvalue weighted by Gasteiger charge is -2.12. The number of carbonyl (C=O) groups is 1. The monoisotopic (exact) mass is 234 g/mol. The molecule has 0 aliphatic rings. The van der Waals surface area contributed by atoms with Gasteiger partial charge in [-0.05, 0) is 19.9 Å². The van der Waals surface area contributed by atoms with Gasteiger partial charge in [0.1, 0.15) is 5.56 Å². The molecule has 1 aromatic rings. The summed E-state index contributed by atoms with van der Waals surface area (Å²) in [4.78, 5) is 10.5. The standard InChI is InChI=1S/C10H9F3O3/c1-4(2)16-9-7(12)5(10(14)15)3-6(11)8(9)13/h3-4H,1-2H3,(H,14,15). The topological polar surface area (TPSA) is 46.5 Å². The van der Waals surface area contributed by atoms with E-state index in [2.05, 4.69) is 0 Å². The van der Waals surface area contributed by atoms with Gasteiger partial charge in [-0.1, -0.05) is 0 Å². The first-order valence-electron chi connectivity index (χ1n) is 4.42. The Bertz CT molecular complexity index is 430. The van der Waals surface area contributed by atoms with E-state index in [9.17, 15) is 18.0 Å². The Balaban J connectivity index is 3.39. The highest BCUT2D eigenvalue weighted by molar-refractivity contribution is 5.88. The van der Waals surface area contributed by atoms with Crippen LogP contribution in [0.25, 0.3) is 0 Å². The fourth-order valence-corrected chi connectivity index (χ4v) is 1.08. The molecule has 0 atom stereocenters. The third-order valence-electron chi connectivity index (χ3n) is 1.70. The molecular weight excluding hydrogens is 225 g/mol. The maximum atomic E-state index is 13.4. The zero-order valence-corrected chi connectivity index (χ0v) is 8.55. The molecule has 6 heteroatoms. The molecule has 1 rings (SSSR count). The van der Waals surface area contributed by atoms with Crippen LogP contribution in [0.15, 0.2) is 6.07 Å². The lowest BCUT2D eigenvalue weighted by Crippen LogP contribution is -2.12. The Morgan fingerprint density at radius 3 is 2.31 bits per heavy atom. The number of halogens is 3. The summed E-state index contributed by atoms with van der Waals surface area (Å²) in [7, 11) is 0. The number of hydrogen-bond donors (Lipinski definition) is 1. The van der Waals surface area contributed by atoms with Gasteiger partial charge in [-0.3, -0.25) is 0 Å². The fraction of sp³-hybridized carbons (Fsp3) is 0.300. The highest BCUT2D eigenvalue weighted by Crippen LogP contribution is 2.28. The summed E-state index contributed by atoms with van der Waals surface area (Å²) in [6, 6.07) is 0.278. The van der Waals surface area contributed by atoms with E-state index >= 15 is 0 Å². The van der Waals surface area contributed by atoms with Gasteiger partial charge in [0.2, 0.25) is 5.82 Å². The number of carboxylic acids is 1. The Morgan fingerprint density at radius 1 is 1.31 bits per heavy atom. The van der Waals surface area contributed by atoms with Crippen molar-refractivity contribution in [3.8, 4) is 5.75 Å². The van der Waals surface area contributed by atoms with Crippen molar-refractivity contribution in [3.63, 3.8) is 0 Å². The van der Waals surface area contributed by atoms with Gasteiger partial charge >= 0.3 is 5.97 Å². The predicted octanol–water partition coefficient (Wildman–Crippen LogP) is 2.59. The highest BCUT2D eigenvalue weighted by Gasteiger charge is 2.24. The molecule has 3 nitrogen and oxygen atoms in total. The second-order valence-electron chi connectivity index (χ2n) is 3.33. The predicted molar refractivity (Wildman–Crippen MR) is 49.0 cm³/mol. The van der Waals surface area contributed by atoms with Gasteiger partial charge in [0.05, 0.1) is 6.10 Å². The van der Waals surface area contributed by atoms with E-state index in [0.29, 0.717) is 0 Å². The Morgan fingerprint density at radius 2 is 1.88 bits per heavy atom. The fourth-order valence-electron chi connectivity index (χ4n) is 1.08. The molecule has 1 N–H and O–H groups in total. The lowest BCUT2D eigenvalue weighted by molar-refractivity contribution is 0.0688. The molecule has 1 aromatic carbocycles. The van der Waals surface area contributed by atoms with Gasteiger partial charge in [0, 0.05) is 0 Å². The average Bonchev–Trinajstić information content (AvgIpc) is 2.17. The van der Waals surface area contributed by atoms with Crippen molar-refractivity contribution in [3.05, 3.63) is 29.1 Å². The summed E-state index contributed by atoms with van der Waals surface area (Å²) in [5.74, 6) is -7.11. The highest BCUT2D eigenvalue weighted by atomic mass is 19.2. The number of benzene rings is 1. The van der Waals surface area contributed by atoms with Crippen molar-refractivity contribution < 1.29 is 27.8 Å². The van der Waals surface area contributed by atoms with E-state index in [-0.39, 0.29) is 6.07 Å². The van der Waals surface area contributed by atoms with Crippen LogP contribution in [-0.2, 0) is 0 Å². The molecule has 0 aliphatic heterocycles. The van der Waals surface area contributed by atoms with Crippen molar-refractivity contribution in [2.45, 2.75) is 20.0 Å². The van der Waals surface area contributed by atoms with Gasteiger partial charge in [-0.2, -0.15) is 4.39 Å². The molecule has 0 saturated heterocycles. The van der Waals surface area contributed by atoms with Crippen LogP contribution in [0.1, 0.15) is 24.2 Å². The van der Waals surface area contributed by atoms with Crippen LogP contribution in [-0.4, -0.2) is 17.2 Å². The third kappa shape index (κ3) is 2.26. The molecule has 0 radical (unpaired) electrons. The van der Waals surface area contributed by atoms with Gasteiger partial charge < -0.3 is 9.84 Å². The number of aromatic carboxylic acids is 1. The number of carboxylic acid groups (broad SMARTS) is 1. The van der Waals surface area contributed by atoms with Crippen LogP contribution >= 0.6 is 0 Å². The van der Waals surface area contributed by atoms with Crippen molar-refractivity contribution in [2.75, 3.05) is 0 Å². The third-order valence-corrected chi connectivity index (χ3v) is 1.70. The molecule has 88 valence electrons. The molecule has 0 saturated carbocycles. The Hall–Kier alpha value is -1.72. The van der Waals surface area contributed by atoms with Crippen LogP contribution in [0.2, 0.25) is 0 Å². The van der Waals surface area contributed by atoms with Crippen LogP contribution in [0.4, 0.5) is 13.2 Å². The molecule has 0 fully saturated rings. The normalized spacial score (nSPS) is 10.6. The summed E-state index contributed by atoms with van der Waals surface area (Å²) >= 11 is 0. The van der Waals surface area contributed by atoms with E-state index < -0.39 is 40.8 Å². The van der Waals surface area contributed by atoms with Gasteiger partial charge in [0.15, 0.2) is 17.4 Å². The number of rotatable bonds is 3.